The number of aliphatic hydroxyl groups is 1. The molecular formula is C11H16OS. The lowest BCUT2D eigenvalue weighted by Gasteiger charge is -2.04. The maximum Gasteiger partial charge on any atom is 0.0854 e. The number of hydrogen-bond acceptors (Lipinski definition) is 2. The first kappa shape index (κ1) is 9.22. The van der Waals surface area contributed by atoms with E-state index in [0.717, 1.165) is 10.8 Å². The van der Waals surface area contributed by atoms with Crippen LogP contribution in [0.25, 0.3) is 0 Å². The summed E-state index contributed by atoms with van der Waals surface area (Å²) < 4.78 is 0. The minimum absolute atomic E-state index is 0.292. The van der Waals surface area contributed by atoms with Gasteiger partial charge in [-0.25, -0.2) is 0 Å². The molecule has 1 aromatic heterocycles. The van der Waals surface area contributed by atoms with Crippen LogP contribution in [0.2, 0.25) is 0 Å². The van der Waals surface area contributed by atoms with Gasteiger partial charge < -0.3 is 5.11 Å². The van der Waals surface area contributed by atoms with Crippen LogP contribution >= 0.6 is 11.3 Å². The molecule has 2 heteroatoms. The monoisotopic (exact) mass is 196 g/mol. The summed E-state index contributed by atoms with van der Waals surface area (Å²) >= 11 is 1.79. The molecule has 13 heavy (non-hydrogen) atoms. The molecule has 0 saturated heterocycles. The number of aliphatic hydroxyl groups excluding tert-OH is 1. The van der Waals surface area contributed by atoms with Gasteiger partial charge in [-0.15, -0.1) is 11.3 Å². The third-order valence-corrected chi connectivity index (χ3v) is 4.23. The zero-order valence-electron chi connectivity index (χ0n) is 7.99. The summed E-state index contributed by atoms with van der Waals surface area (Å²) in [5.41, 5.74) is 0. The normalized spacial score (nSPS) is 20.8. The predicted octanol–water partition coefficient (Wildman–Crippen LogP) is 3.46. The van der Waals surface area contributed by atoms with Crippen molar-refractivity contribution in [3.05, 3.63) is 21.9 Å². The van der Waals surface area contributed by atoms with Gasteiger partial charge in [-0.1, -0.05) is 12.8 Å². The molecule has 0 aromatic carbocycles. The Morgan fingerprint density at radius 1 is 1.38 bits per heavy atom. The molecule has 1 unspecified atom stereocenters. The summed E-state index contributed by atoms with van der Waals surface area (Å²) in [7, 11) is 0. The molecule has 0 bridgehead atoms. The van der Waals surface area contributed by atoms with Crippen LogP contribution in [0, 0.1) is 0 Å². The first-order valence-corrected chi connectivity index (χ1v) is 5.86. The zero-order chi connectivity index (χ0) is 9.26. The van der Waals surface area contributed by atoms with Crippen LogP contribution in [0.3, 0.4) is 0 Å². The van der Waals surface area contributed by atoms with Crippen molar-refractivity contribution in [1.82, 2.24) is 0 Å². The number of hydrogen-bond donors (Lipinski definition) is 1. The fraction of sp³-hybridized carbons (Fsp3) is 0.636. The van der Waals surface area contributed by atoms with Crippen molar-refractivity contribution in [2.24, 2.45) is 0 Å². The molecule has 1 N–H and O–H groups in total. The Hall–Kier alpha value is -0.340. The van der Waals surface area contributed by atoms with Gasteiger partial charge in [0.15, 0.2) is 0 Å². The topological polar surface area (TPSA) is 20.2 Å². The van der Waals surface area contributed by atoms with Crippen LogP contribution in [0.4, 0.5) is 0 Å². The van der Waals surface area contributed by atoms with Crippen LogP contribution in [0.15, 0.2) is 12.1 Å². The maximum atomic E-state index is 9.39. The molecule has 2 rings (SSSR count). The van der Waals surface area contributed by atoms with Gasteiger partial charge in [0, 0.05) is 9.75 Å². The van der Waals surface area contributed by atoms with E-state index in [2.05, 4.69) is 12.1 Å². The van der Waals surface area contributed by atoms with E-state index in [-0.39, 0.29) is 6.10 Å². The lowest BCUT2D eigenvalue weighted by Crippen LogP contribution is -1.86. The lowest BCUT2D eigenvalue weighted by atomic mass is 10.1. The highest BCUT2D eigenvalue weighted by Gasteiger charge is 2.19. The van der Waals surface area contributed by atoms with E-state index in [4.69, 9.17) is 0 Å². The summed E-state index contributed by atoms with van der Waals surface area (Å²) in [5, 5.41) is 9.39. The summed E-state index contributed by atoms with van der Waals surface area (Å²) in [6, 6.07) is 4.27. The molecule has 1 atom stereocenters. The fourth-order valence-corrected chi connectivity index (χ4v) is 3.14. The van der Waals surface area contributed by atoms with E-state index in [1.54, 1.807) is 11.3 Å². The summed E-state index contributed by atoms with van der Waals surface area (Å²) in [5.74, 6) is 0.789. The molecule has 1 aromatic rings. The van der Waals surface area contributed by atoms with E-state index < -0.39 is 0 Å². The van der Waals surface area contributed by atoms with Crippen LogP contribution < -0.4 is 0 Å². The van der Waals surface area contributed by atoms with Crippen molar-refractivity contribution >= 4 is 11.3 Å². The second kappa shape index (κ2) is 3.81. The number of thiophene rings is 1. The molecule has 0 spiro atoms. The Morgan fingerprint density at radius 2 is 2.08 bits per heavy atom. The van der Waals surface area contributed by atoms with Gasteiger partial charge in [-0.2, -0.15) is 0 Å². The van der Waals surface area contributed by atoms with Gasteiger partial charge in [-0.05, 0) is 37.8 Å². The third kappa shape index (κ3) is 1.94. The summed E-state index contributed by atoms with van der Waals surface area (Å²) in [6.07, 6.45) is 5.17. The summed E-state index contributed by atoms with van der Waals surface area (Å²) in [6.45, 7) is 1.84. The SMILES string of the molecule is CC(O)c1ccc(C2CCCC2)s1. The molecule has 1 saturated carbocycles. The molecule has 0 radical (unpaired) electrons. The van der Waals surface area contributed by atoms with Gasteiger partial charge in [0.05, 0.1) is 6.10 Å². The highest BCUT2D eigenvalue weighted by Crippen LogP contribution is 2.38. The molecule has 1 aliphatic rings. The zero-order valence-corrected chi connectivity index (χ0v) is 8.81. The largest absolute Gasteiger partial charge is 0.388 e. The Bertz CT molecular complexity index is 271. The fourth-order valence-electron chi connectivity index (χ4n) is 2.02. The van der Waals surface area contributed by atoms with Crippen molar-refractivity contribution < 1.29 is 5.11 Å². The standard InChI is InChI=1S/C11H16OS/c1-8(12)10-6-7-11(13-10)9-4-2-3-5-9/h6-9,12H,2-5H2,1H3. The van der Waals surface area contributed by atoms with Crippen molar-refractivity contribution in [3.8, 4) is 0 Å². The van der Waals surface area contributed by atoms with Gasteiger partial charge >= 0.3 is 0 Å². The second-order valence-electron chi connectivity index (χ2n) is 3.90. The van der Waals surface area contributed by atoms with Gasteiger partial charge in [0.25, 0.3) is 0 Å². The van der Waals surface area contributed by atoms with Gasteiger partial charge in [-0.3, -0.25) is 0 Å². The Morgan fingerprint density at radius 3 is 2.62 bits per heavy atom. The van der Waals surface area contributed by atoms with E-state index in [1.807, 2.05) is 6.92 Å². The van der Waals surface area contributed by atoms with E-state index in [9.17, 15) is 5.11 Å². The maximum absolute atomic E-state index is 9.39. The first-order valence-electron chi connectivity index (χ1n) is 5.05. The summed E-state index contributed by atoms with van der Waals surface area (Å²) in [4.78, 5) is 2.59. The predicted molar refractivity (Wildman–Crippen MR) is 56.2 cm³/mol. The first-order chi connectivity index (χ1) is 6.27. The molecule has 1 fully saturated rings. The molecule has 1 heterocycles. The molecule has 72 valence electrons. The van der Waals surface area contributed by atoms with Crippen LogP contribution in [-0.2, 0) is 0 Å². The Labute approximate surface area is 83.4 Å². The second-order valence-corrected chi connectivity index (χ2v) is 5.04. The molecule has 1 nitrogen and oxygen atoms in total. The molecular weight excluding hydrogens is 180 g/mol. The average Bonchev–Trinajstić information content (AvgIpc) is 2.75. The van der Waals surface area contributed by atoms with E-state index >= 15 is 0 Å². The Kier molecular flexibility index (Phi) is 2.70. The quantitative estimate of drug-likeness (QED) is 0.768. The van der Waals surface area contributed by atoms with Crippen LogP contribution in [0.1, 0.15) is 54.4 Å². The molecule has 0 amide bonds. The van der Waals surface area contributed by atoms with Crippen molar-refractivity contribution in [3.63, 3.8) is 0 Å². The van der Waals surface area contributed by atoms with Crippen molar-refractivity contribution in [2.75, 3.05) is 0 Å². The minimum atomic E-state index is -0.292. The Balaban J connectivity index is 2.12. The third-order valence-electron chi connectivity index (χ3n) is 2.82. The molecule has 1 aliphatic carbocycles. The van der Waals surface area contributed by atoms with Gasteiger partial charge in [0.1, 0.15) is 0 Å². The molecule has 0 aliphatic heterocycles. The smallest absolute Gasteiger partial charge is 0.0854 e. The van der Waals surface area contributed by atoms with E-state index in [0.29, 0.717) is 0 Å². The minimum Gasteiger partial charge on any atom is -0.388 e. The van der Waals surface area contributed by atoms with Crippen LogP contribution in [0.5, 0.6) is 0 Å². The average molecular weight is 196 g/mol. The van der Waals surface area contributed by atoms with Gasteiger partial charge in [0.2, 0.25) is 0 Å². The lowest BCUT2D eigenvalue weighted by molar-refractivity contribution is 0.203. The van der Waals surface area contributed by atoms with Crippen LogP contribution in [-0.4, -0.2) is 5.11 Å². The number of rotatable bonds is 2. The van der Waals surface area contributed by atoms with E-state index in [1.165, 1.54) is 30.6 Å². The highest BCUT2D eigenvalue weighted by atomic mass is 32.1. The highest BCUT2D eigenvalue weighted by molar-refractivity contribution is 7.12. The van der Waals surface area contributed by atoms with Crippen molar-refractivity contribution in [1.29, 1.82) is 0 Å². The van der Waals surface area contributed by atoms with Crippen molar-refractivity contribution in [2.45, 2.75) is 44.6 Å².